The van der Waals surface area contributed by atoms with Gasteiger partial charge in [0.05, 0.1) is 34.9 Å². The summed E-state index contributed by atoms with van der Waals surface area (Å²) in [5, 5.41) is 10.8. The number of hydrogen-bond donors (Lipinski definition) is 0. The molecule has 0 aliphatic carbocycles. The van der Waals surface area contributed by atoms with Crippen molar-refractivity contribution in [2.24, 2.45) is 0 Å². The Kier molecular flexibility index (Phi) is 4.04. The number of rotatable bonds is 2. The van der Waals surface area contributed by atoms with Gasteiger partial charge in [-0.25, -0.2) is 0 Å². The molecule has 4 nitrogen and oxygen atoms in total. The fraction of sp³-hybridized carbons (Fsp3) is 0.0417. The van der Waals surface area contributed by atoms with E-state index in [0.29, 0.717) is 22.7 Å². The monoisotopic (exact) mass is 395 g/mol. The molecule has 5 heteroatoms. The van der Waals surface area contributed by atoms with Gasteiger partial charge < -0.3 is 0 Å². The Hall–Kier alpha value is -3.68. The molecule has 0 saturated carbocycles. The molecule has 1 aliphatic heterocycles. The van der Waals surface area contributed by atoms with Gasteiger partial charge in [0.1, 0.15) is 0 Å². The third-order valence-electron chi connectivity index (χ3n) is 5.14. The highest BCUT2D eigenvalue weighted by Crippen LogP contribution is 2.41. The van der Waals surface area contributed by atoms with Crippen LogP contribution in [-0.4, -0.2) is 10.9 Å². The summed E-state index contributed by atoms with van der Waals surface area (Å²) in [4.78, 5) is 19.1. The lowest BCUT2D eigenvalue weighted by Gasteiger charge is -2.20. The topological polar surface area (TPSA) is 57.0 Å². The standard InChI is InChI=1S/C24H14ClN3O/c25-19-7-4-16(5-8-19)17-6-9-22-21(11-17)24-18(14-27-22)12-23(29)28(24)20-3-1-2-15(10-20)13-26/h1-11,14H,12H2. The van der Waals surface area contributed by atoms with Crippen molar-refractivity contribution in [1.29, 1.82) is 5.26 Å². The first kappa shape index (κ1) is 17.4. The van der Waals surface area contributed by atoms with Crippen LogP contribution >= 0.6 is 11.6 Å². The minimum absolute atomic E-state index is 0.0266. The average molecular weight is 396 g/mol. The molecule has 1 aromatic heterocycles. The summed E-state index contributed by atoms with van der Waals surface area (Å²) >= 11 is 6.02. The van der Waals surface area contributed by atoms with Crippen molar-refractivity contribution in [1.82, 2.24) is 4.98 Å². The molecule has 0 N–H and O–H groups in total. The summed E-state index contributed by atoms with van der Waals surface area (Å²) in [6.07, 6.45) is 2.06. The van der Waals surface area contributed by atoms with E-state index in [0.717, 1.165) is 33.3 Å². The van der Waals surface area contributed by atoms with Gasteiger partial charge in [0, 0.05) is 22.2 Å². The highest BCUT2D eigenvalue weighted by atomic mass is 35.5. The number of pyridine rings is 1. The van der Waals surface area contributed by atoms with Gasteiger partial charge in [-0.2, -0.15) is 5.26 Å². The van der Waals surface area contributed by atoms with E-state index < -0.39 is 0 Å². The second-order valence-electron chi connectivity index (χ2n) is 6.94. The fourth-order valence-electron chi connectivity index (χ4n) is 3.79. The summed E-state index contributed by atoms with van der Waals surface area (Å²) < 4.78 is 0. The van der Waals surface area contributed by atoms with Crippen LogP contribution in [-0.2, 0) is 11.2 Å². The molecule has 0 radical (unpaired) electrons. The Morgan fingerprint density at radius 3 is 2.59 bits per heavy atom. The van der Waals surface area contributed by atoms with E-state index in [4.69, 9.17) is 11.6 Å². The van der Waals surface area contributed by atoms with Crippen molar-refractivity contribution >= 4 is 39.8 Å². The maximum absolute atomic E-state index is 12.9. The number of benzene rings is 3. The molecule has 0 fully saturated rings. The molecule has 0 bridgehead atoms. The van der Waals surface area contributed by atoms with Gasteiger partial charge in [-0.05, 0) is 53.6 Å². The zero-order valence-electron chi connectivity index (χ0n) is 15.3. The molecule has 3 aromatic carbocycles. The van der Waals surface area contributed by atoms with Crippen LogP contribution in [0.3, 0.4) is 0 Å². The van der Waals surface area contributed by atoms with Gasteiger partial charge in [-0.3, -0.25) is 14.7 Å². The third kappa shape index (κ3) is 2.93. The molecule has 1 aliphatic rings. The van der Waals surface area contributed by atoms with Gasteiger partial charge in [0.2, 0.25) is 5.91 Å². The summed E-state index contributed by atoms with van der Waals surface area (Å²) in [5.74, 6) is -0.0266. The van der Waals surface area contributed by atoms with Crippen molar-refractivity contribution in [2.45, 2.75) is 6.42 Å². The molecule has 2 heterocycles. The molecular weight excluding hydrogens is 382 g/mol. The second kappa shape index (κ2) is 6.73. The van der Waals surface area contributed by atoms with Crippen LogP contribution in [0.1, 0.15) is 11.1 Å². The van der Waals surface area contributed by atoms with Crippen molar-refractivity contribution in [3.05, 3.63) is 89.1 Å². The maximum atomic E-state index is 12.9. The second-order valence-corrected chi connectivity index (χ2v) is 7.38. The number of halogens is 1. The number of amides is 1. The van der Waals surface area contributed by atoms with E-state index in [9.17, 15) is 10.1 Å². The van der Waals surface area contributed by atoms with Crippen LogP contribution in [0, 0.1) is 11.3 Å². The number of nitriles is 1. The third-order valence-corrected chi connectivity index (χ3v) is 5.39. The predicted molar refractivity (Wildman–Crippen MR) is 114 cm³/mol. The number of nitrogens with zero attached hydrogens (tertiary/aromatic N) is 3. The predicted octanol–water partition coefficient (Wildman–Crippen LogP) is 5.65. The van der Waals surface area contributed by atoms with Crippen LogP contribution in [0.2, 0.25) is 5.02 Å². The normalized spacial score (nSPS) is 12.8. The van der Waals surface area contributed by atoms with Gasteiger partial charge in [0.15, 0.2) is 0 Å². The Labute approximate surface area is 172 Å². The van der Waals surface area contributed by atoms with E-state index in [1.54, 1.807) is 29.3 Å². The molecule has 0 atom stereocenters. The number of carbonyl (C=O) groups is 1. The zero-order valence-corrected chi connectivity index (χ0v) is 16.0. The smallest absolute Gasteiger partial charge is 0.236 e. The first-order valence-corrected chi connectivity index (χ1v) is 9.52. The molecule has 5 rings (SSSR count). The van der Waals surface area contributed by atoms with Crippen LogP contribution in [0.5, 0.6) is 0 Å². The minimum Gasteiger partial charge on any atom is -0.280 e. The number of anilines is 2. The molecule has 0 saturated heterocycles. The van der Waals surface area contributed by atoms with E-state index in [-0.39, 0.29) is 5.91 Å². The van der Waals surface area contributed by atoms with Crippen LogP contribution in [0.15, 0.2) is 72.9 Å². The molecule has 138 valence electrons. The highest BCUT2D eigenvalue weighted by Gasteiger charge is 2.31. The summed E-state index contributed by atoms with van der Waals surface area (Å²) in [6.45, 7) is 0. The summed E-state index contributed by atoms with van der Waals surface area (Å²) in [5.41, 5.74) is 5.81. The molecule has 0 unspecified atom stereocenters. The highest BCUT2D eigenvalue weighted by molar-refractivity contribution is 6.30. The first-order chi connectivity index (χ1) is 14.1. The van der Waals surface area contributed by atoms with Crippen molar-refractivity contribution < 1.29 is 4.79 Å². The molecular formula is C24H14ClN3O. The summed E-state index contributed by atoms with van der Waals surface area (Å²) in [7, 11) is 0. The van der Waals surface area contributed by atoms with Crippen molar-refractivity contribution in [2.75, 3.05) is 4.90 Å². The van der Waals surface area contributed by atoms with Gasteiger partial charge in [-0.1, -0.05) is 35.9 Å². The van der Waals surface area contributed by atoms with Crippen LogP contribution < -0.4 is 4.90 Å². The molecule has 29 heavy (non-hydrogen) atoms. The zero-order chi connectivity index (χ0) is 20.0. The van der Waals surface area contributed by atoms with E-state index in [2.05, 4.69) is 17.1 Å². The Bertz CT molecular complexity index is 1320. The fourth-order valence-corrected chi connectivity index (χ4v) is 3.92. The lowest BCUT2D eigenvalue weighted by atomic mass is 10.0. The maximum Gasteiger partial charge on any atom is 0.236 e. The van der Waals surface area contributed by atoms with Crippen molar-refractivity contribution in [3.63, 3.8) is 0 Å². The molecule has 1 amide bonds. The first-order valence-electron chi connectivity index (χ1n) is 9.15. The Morgan fingerprint density at radius 2 is 1.79 bits per heavy atom. The number of aromatic nitrogens is 1. The van der Waals surface area contributed by atoms with Crippen LogP contribution in [0.25, 0.3) is 22.0 Å². The SMILES string of the molecule is N#Cc1cccc(N2C(=O)Cc3cnc4ccc(-c5ccc(Cl)cc5)cc4c32)c1. The van der Waals surface area contributed by atoms with Gasteiger partial charge in [0.25, 0.3) is 0 Å². The summed E-state index contributed by atoms with van der Waals surface area (Å²) in [6, 6.07) is 23.0. The van der Waals surface area contributed by atoms with Gasteiger partial charge >= 0.3 is 0 Å². The van der Waals surface area contributed by atoms with E-state index in [1.165, 1.54) is 0 Å². The Balaban J connectivity index is 1.72. The molecule has 0 spiro atoms. The average Bonchev–Trinajstić information content (AvgIpc) is 3.10. The Morgan fingerprint density at radius 1 is 1.00 bits per heavy atom. The molecule has 4 aromatic rings. The quantitative estimate of drug-likeness (QED) is 0.440. The lowest BCUT2D eigenvalue weighted by molar-refractivity contribution is -0.116. The van der Waals surface area contributed by atoms with Crippen molar-refractivity contribution in [3.8, 4) is 17.2 Å². The van der Waals surface area contributed by atoms with E-state index in [1.807, 2.05) is 42.5 Å². The number of carbonyl (C=O) groups excluding carboxylic acids is 1. The number of hydrogen-bond acceptors (Lipinski definition) is 3. The van der Waals surface area contributed by atoms with Gasteiger partial charge in [-0.15, -0.1) is 0 Å². The van der Waals surface area contributed by atoms with Crippen LogP contribution in [0.4, 0.5) is 11.4 Å². The minimum atomic E-state index is -0.0266. The number of fused-ring (bicyclic) bond motifs is 3. The largest absolute Gasteiger partial charge is 0.280 e. The lowest BCUT2D eigenvalue weighted by Crippen LogP contribution is -2.21. The van der Waals surface area contributed by atoms with E-state index >= 15 is 0 Å².